The van der Waals surface area contributed by atoms with Crippen molar-refractivity contribution in [3.8, 4) is 0 Å². The van der Waals surface area contributed by atoms with Crippen molar-refractivity contribution in [1.82, 2.24) is 15.1 Å². The fraction of sp³-hybridized carbons (Fsp3) is 0.708. The number of anilines is 1. The highest BCUT2D eigenvalue weighted by molar-refractivity contribution is 6.43. The standard InChI is InChI=1S/C24H36Cl2N4O2/c1-24(32-2)16-30(17-24)23(31)27-19-8-6-18(7-9-19)10-11-28-12-14-29(15-13-28)21-5-3-4-20(25)22(21)26/h3-5,18-19H,6-17H2,1-2H3,(H,27,31). The summed E-state index contributed by atoms with van der Waals surface area (Å²) in [5.74, 6) is 0.768. The summed E-state index contributed by atoms with van der Waals surface area (Å²) in [6.45, 7) is 8.66. The first-order chi connectivity index (χ1) is 15.4. The number of nitrogens with zero attached hydrogens (tertiary/aromatic N) is 3. The van der Waals surface area contributed by atoms with E-state index in [0.717, 1.165) is 57.2 Å². The van der Waals surface area contributed by atoms with Crippen molar-refractivity contribution >= 4 is 34.9 Å². The van der Waals surface area contributed by atoms with Crippen LogP contribution in [0, 0.1) is 5.92 Å². The van der Waals surface area contributed by atoms with Crippen molar-refractivity contribution in [2.75, 3.05) is 57.8 Å². The average Bonchev–Trinajstić information content (AvgIpc) is 2.78. The molecule has 6 nitrogen and oxygen atoms in total. The first-order valence-corrected chi connectivity index (χ1v) is 12.6. The lowest BCUT2D eigenvalue weighted by Gasteiger charge is -2.47. The van der Waals surface area contributed by atoms with Crippen LogP contribution in [-0.2, 0) is 4.74 Å². The van der Waals surface area contributed by atoms with Gasteiger partial charge in [-0.1, -0.05) is 29.3 Å². The molecule has 0 radical (unpaired) electrons. The molecule has 0 atom stereocenters. The Morgan fingerprint density at radius 3 is 2.47 bits per heavy atom. The minimum absolute atomic E-state index is 0.0700. The minimum Gasteiger partial charge on any atom is -0.375 e. The summed E-state index contributed by atoms with van der Waals surface area (Å²) < 4.78 is 5.43. The molecule has 1 aromatic rings. The summed E-state index contributed by atoms with van der Waals surface area (Å²) in [4.78, 5) is 19.2. The molecule has 3 fully saturated rings. The number of methoxy groups -OCH3 is 1. The summed E-state index contributed by atoms with van der Waals surface area (Å²) in [6, 6.07) is 6.25. The molecule has 0 unspecified atom stereocenters. The van der Waals surface area contributed by atoms with E-state index in [1.807, 2.05) is 24.0 Å². The molecule has 1 aromatic carbocycles. The topological polar surface area (TPSA) is 48.1 Å². The number of ether oxygens (including phenoxy) is 1. The quantitative estimate of drug-likeness (QED) is 0.648. The van der Waals surface area contributed by atoms with Gasteiger partial charge >= 0.3 is 6.03 Å². The van der Waals surface area contributed by atoms with Crippen LogP contribution in [0.4, 0.5) is 10.5 Å². The Labute approximate surface area is 202 Å². The molecular formula is C24H36Cl2N4O2. The van der Waals surface area contributed by atoms with Gasteiger partial charge in [0, 0.05) is 39.3 Å². The van der Waals surface area contributed by atoms with Gasteiger partial charge in [-0.15, -0.1) is 0 Å². The lowest BCUT2D eigenvalue weighted by atomic mass is 9.84. The van der Waals surface area contributed by atoms with E-state index in [0.29, 0.717) is 29.2 Å². The lowest BCUT2D eigenvalue weighted by molar-refractivity contribution is -0.0914. The third-order valence-electron chi connectivity index (χ3n) is 7.50. The molecule has 178 valence electrons. The van der Waals surface area contributed by atoms with E-state index < -0.39 is 0 Å². The van der Waals surface area contributed by atoms with E-state index in [1.165, 1.54) is 19.3 Å². The third-order valence-corrected chi connectivity index (χ3v) is 8.31. The first-order valence-electron chi connectivity index (χ1n) is 11.9. The second-order valence-corrected chi connectivity index (χ2v) is 10.7. The molecule has 2 saturated heterocycles. The number of rotatable bonds is 6. The van der Waals surface area contributed by atoms with Gasteiger partial charge in [0.1, 0.15) is 5.60 Å². The van der Waals surface area contributed by atoms with Crippen LogP contribution in [0.15, 0.2) is 18.2 Å². The van der Waals surface area contributed by atoms with E-state index in [1.54, 1.807) is 7.11 Å². The molecule has 4 rings (SSSR count). The van der Waals surface area contributed by atoms with Crippen LogP contribution in [0.25, 0.3) is 0 Å². The van der Waals surface area contributed by atoms with E-state index in [-0.39, 0.29) is 11.6 Å². The zero-order valence-electron chi connectivity index (χ0n) is 19.3. The van der Waals surface area contributed by atoms with Crippen molar-refractivity contribution in [3.63, 3.8) is 0 Å². The molecule has 32 heavy (non-hydrogen) atoms. The highest BCUT2D eigenvalue weighted by Gasteiger charge is 2.42. The number of hydrogen-bond donors (Lipinski definition) is 1. The Morgan fingerprint density at radius 2 is 1.81 bits per heavy atom. The number of piperazine rings is 1. The van der Waals surface area contributed by atoms with Gasteiger partial charge in [0.2, 0.25) is 0 Å². The maximum atomic E-state index is 12.4. The summed E-state index contributed by atoms with van der Waals surface area (Å²) >= 11 is 12.6. The molecule has 1 saturated carbocycles. The van der Waals surface area contributed by atoms with E-state index in [4.69, 9.17) is 27.9 Å². The molecule has 2 aliphatic heterocycles. The average molecular weight is 483 g/mol. The molecule has 0 aromatic heterocycles. The lowest BCUT2D eigenvalue weighted by Crippen LogP contribution is -2.65. The highest BCUT2D eigenvalue weighted by Crippen LogP contribution is 2.33. The van der Waals surface area contributed by atoms with Gasteiger partial charge < -0.3 is 19.9 Å². The Bertz CT molecular complexity index is 786. The maximum Gasteiger partial charge on any atom is 0.317 e. The van der Waals surface area contributed by atoms with E-state index in [9.17, 15) is 4.79 Å². The highest BCUT2D eigenvalue weighted by atomic mass is 35.5. The molecule has 8 heteroatoms. The fourth-order valence-corrected chi connectivity index (χ4v) is 5.62. The van der Waals surface area contributed by atoms with Gasteiger partial charge in [0.25, 0.3) is 0 Å². The van der Waals surface area contributed by atoms with Gasteiger partial charge in [-0.25, -0.2) is 4.79 Å². The number of carbonyl (C=O) groups excluding carboxylic acids is 1. The number of likely N-dealkylation sites (tertiary alicyclic amines) is 1. The van der Waals surface area contributed by atoms with Gasteiger partial charge in [0.05, 0.1) is 28.8 Å². The van der Waals surface area contributed by atoms with Gasteiger partial charge in [-0.2, -0.15) is 0 Å². The minimum atomic E-state index is -0.166. The van der Waals surface area contributed by atoms with Gasteiger partial charge in [0.15, 0.2) is 0 Å². The molecule has 2 heterocycles. The summed E-state index contributed by atoms with van der Waals surface area (Å²) in [6.07, 6.45) is 5.84. The van der Waals surface area contributed by atoms with Crippen molar-refractivity contribution < 1.29 is 9.53 Å². The number of amides is 2. The van der Waals surface area contributed by atoms with E-state index in [2.05, 4.69) is 21.2 Å². The zero-order valence-corrected chi connectivity index (χ0v) is 20.8. The summed E-state index contributed by atoms with van der Waals surface area (Å²) in [7, 11) is 1.71. The molecular weight excluding hydrogens is 447 g/mol. The predicted octanol–water partition coefficient (Wildman–Crippen LogP) is 4.49. The summed E-state index contributed by atoms with van der Waals surface area (Å²) in [5.41, 5.74) is 0.880. The molecule has 1 aliphatic carbocycles. The van der Waals surface area contributed by atoms with Crippen LogP contribution in [0.3, 0.4) is 0 Å². The van der Waals surface area contributed by atoms with Crippen LogP contribution in [0.2, 0.25) is 10.0 Å². The molecule has 0 spiro atoms. The number of benzene rings is 1. The second kappa shape index (κ2) is 10.4. The Balaban J connectivity index is 1.12. The maximum absolute atomic E-state index is 12.4. The zero-order chi connectivity index (χ0) is 22.7. The van der Waals surface area contributed by atoms with Crippen molar-refractivity contribution in [1.29, 1.82) is 0 Å². The second-order valence-electron chi connectivity index (χ2n) is 9.87. The van der Waals surface area contributed by atoms with Gasteiger partial charge in [-0.05, 0) is 63.6 Å². The van der Waals surface area contributed by atoms with Crippen LogP contribution in [0.1, 0.15) is 39.0 Å². The Kier molecular flexibility index (Phi) is 7.76. The van der Waals surface area contributed by atoms with E-state index >= 15 is 0 Å². The monoisotopic (exact) mass is 482 g/mol. The molecule has 0 bridgehead atoms. The van der Waals surface area contributed by atoms with Crippen molar-refractivity contribution in [2.24, 2.45) is 5.92 Å². The van der Waals surface area contributed by atoms with Gasteiger partial charge in [-0.3, -0.25) is 4.90 Å². The first kappa shape index (κ1) is 23.9. The predicted molar refractivity (Wildman–Crippen MR) is 131 cm³/mol. The molecule has 3 aliphatic rings. The molecule has 2 amide bonds. The summed E-state index contributed by atoms with van der Waals surface area (Å²) in [5, 5.41) is 4.52. The smallest absolute Gasteiger partial charge is 0.317 e. The van der Waals surface area contributed by atoms with Crippen LogP contribution >= 0.6 is 23.2 Å². The number of hydrogen-bond acceptors (Lipinski definition) is 4. The normalized spacial score (nSPS) is 26.0. The molecule has 1 N–H and O–H groups in total. The fourth-order valence-electron chi connectivity index (χ4n) is 5.21. The number of nitrogens with one attached hydrogen (secondary N) is 1. The largest absolute Gasteiger partial charge is 0.375 e. The van der Waals surface area contributed by atoms with Crippen molar-refractivity contribution in [2.45, 2.75) is 50.7 Å². The van der Waals surface area contributed by atoms with Crippen LogP contribution in [0.5, 0.6) is 0 Å². The Morgan fingerprint density at radius 1 is 1.12 bits per heavy atom. The Hall–Kier alpha value is -1.21. The van der Waals surface area contributed by atoms with Crippen molar-refractivity contribution in [3.05, 3.63) is 28.2 Å². The number of carbonyl (C=O) groups is 1. The third kappa shape index (κ3) is 5.64. The van der Waals surface area contributed by atoms with Crippen LogP contribution in [-0.4, -0.2) is 80.4 Å². The number of urea groups is 1. The SMILES string of the molecule is COC1(C)CN(C(=O)NC2CCC(CCN3CCN(c4cccc(Cl)c4Cl)CC3)CC2)C1. The van der Waals surface area contributed by atoms with Crippen LogP contribution < -0.4 is 10.2 Å². The number of halogens is 2.